The Bertz CT molecular complexity index is 1200. The summed E-state index contributed by atoms with van der Waals surface area (Å²) < 4.78 is 13.7. The van der Waals surface area contributed by atoms with E-state index in [2.05, 4.69) is 9.88 Å². The molecule has 2 aliphatic rings. The summed E-state index contributed by atoms with van der Waals surface area (Å²) in [4.78, 5) is 18.9. The van der Waals surface area contributed by atoms with Gasteiger partial charge in [0.25, 0.3) is 0 Å². The van der Waals surface area contributed by atoms with Crippen molar-refractivity contribution >= 4 is 34.0 Å². The van der Waals surface area contributed by atoms with Crippen molar-refractivity contribution in [2.24, 2.45) is 5.92 Å². The first-order valence-electron chi connectivity index (χ1n) is 13.0. The van der Waals surface area contributed by atoms with Crippen molar-refractivity contribution in [1.29, 1.82) is 0 Å². The molecule has 5 nitrogen and oxygen atoms in total. The van der Waals surface area contributed by atoms with Crippen molar-refractivity contribution in [1.82, 2.24) is 9.88 Å². The molecule has 0 unspecified atom stereocenters. The topological polar surface area (TPSA) is 79.5 Å². The summed E-state index contributed by atoms with van der Waals surface area (Å²) in [6, 6.07) is 7.86. The smallest absolute Gasteiger partial charge is 0.170 e. The summed E-state index contributed by atoms with van der Waals surface area (Å²) in [5.41, 5.74) is 8.62. The highest BCUT2D eigenvalue weighted by Gasteiger charge is 2.19. The molecule has 192 valence electrons. The summed E-state index contributed by atoms with van der Waals surface area (Å²) in [6.07, 6.45) is 12.2. The summed E-state index contributed by atoms with van der Waals surface area (Å²) in [5, 5.41) is 9.97. The maximum Gasteiger partial charge on any atom is 0.170 e. The Balaban J connectivity index is 0.000000211. The highest BCUT2D eigenvalue weighted by molar-refractivity contribution is 6.32. The van der Waals surface area contributed by atoms with E-state index in [4.69, 9.17) is 17.3 Å². The van der Waals surface area contributed by atoms with Gasteiger partial charge in [-0.25, -0.2) is 4.39 Å². The van der Waals surface area contributed by atoms with Crippen LogP contribution in [-0.4, -0.2) is 40.4 Å². The number of aromatic nitrogens is 1. The first-order valence-corrected chi connectivity index (χ1v) is 13.4. The molecule has 2 fully saturated rings. The monoisotopic (exact) mass is 511 g/mol. The molecule has 3 aromatic rings. The Hall–Kier alpha value is -2.70. The second-order valence-corrected chi connectivity index (χ2v) is 10.3. The maximum absolute atomic E-state index is 13.7. The maximum atomic E-state index is 13.7. The zero-order valence-electron chi connectivity index (χ0n) is 20.9. The van der Waals surface area contributed by atoms with Crippen LogP contribution in [0.25, 0.3) is 22.0 Å². The zero-order chi connectivity index (χ0) is 25.7. The second-order valence-electron chi connectivity index (χ2n) is 9.89. The number of aromatic hydroxyl groups is 1. The van der Waals surface area contributed by atoms with Crippen LogP contribution in [0.5, 0.6) is 5.75 Å². The molecule has 36 heavy (non-hydrogen) atoms. The van der Waals surface area contributed by atoms with E-state index in [1.165, 1.54) is 82.9 Å². The SMILES string of the molecule is C1CCC(CN2CCCC2)CC1.CCC(=O)c1cnc2ccc(-c3cc(F)c(O)c(Cl)c3)cc2c1N. The lowest BCUT2D eigenvalue weighted by Crippen LogP contribution is -2.27. The van der Waals surface area contributed by atoms with Crippen LogP contribution in [0.3, 0.4) is 0 Å². The number of carbonyl (C=O) groups excluding carboxylic acids is 1. The number of pyridine rings is 1. The van der Waals surface area contributed by atoms with Crippen LogP contribution in [0.2, 0.25) is 5.02 Å². The van der Waals surface area contributed by atoms with E-state index in [9.17, 15) is 14.3 Å². The number of benzene rings is 2. The van der Waals surface area contributed by atoms with Crippen LogP contribution in [0, 0.1) is 11.7 Å². The number of hydrogen-bond donors (Lipinski definition) is 2. The first kappa shape index (κ1) is 26.4. The molecule has 2 aromatic carbocycles. The second kappa shape index (κ2) is 12.0. The van der Waals surface area contributed by atoms with Gasteiger partial charge >= 0.3 is 0 Å². The fourth-order valence-electron chi connectivity index (χ4n) is 5.24. The molecule has 0 spiro atoms. The average Bonchev–Trinajstić information content (AvgIpc) is 3.41. The lowest BCUT2D eigenvalue weighted by Gasteiger charge is -2.26. The zero-order valence-corrected chi connectivity index (χ0v) is 21.7. The van der Waals surface area contributed by atoms with Gasteiger partial charge in [-0.05, 0) is 80.1 Å². The van der Waals surface area contributed by atoms with Crippen LogP contribution >= 0.6 is 11.6 Å². The van der Waals surface area contributed by atoms with E-state index >= 15 is 0 Å². The van der Waals surface area contributed by atoms with Gasteiger partial charge in [-0.3, -0.25) is 9.78 Å². The molecule has 1 aliphatic heterocycles. The van der Waals surface area contributed by atoms with E-state index in [0.29, 0.717) is 39.7 Å². The Morgan fingerprint density at radius 3 is 2.50 bits per heavy atom. The Morgan fingerprint density at radius 1 is 1.11 bits per heavy atom. The molecule has 7 heteroatoms. The molecule has 2 heterocycles. The number of hydrogen-bond acceptors (Lipinski definition) is 5. The van der Waals surface area contributed by atoms with E-state index in [1.54, 1.807) is 25.1 Å². The largest absolute Gasteiger partial charge is 0.504 e. The minimum absolute atomic E-state index is 0.0777. The van der Waals surface area contributed by atoms with Crippen molar-refractivity contribution < 1.29 is 14.3 Å². The van der Waals surface area contributed by atoms with Crippen LogP contribution in [0.4, 0.5) is 10.1 Å². The standard InChI is InChI=1S/C18H14ClFN2O2.C11H21N/c1-2-16(23)12-8-22-15-4-3-9(5-11(15)17(12)21)10-6-13(19)18(24)14(20)7-10;1-2-6-11(7-3-1)10-12-8-4-5-9-12/h3-8,24H,2H2,1H3,(H2,21,22);11H,1-10H2. The third kappa shape index (κ3) is 6.16. The Morgan fingerprint density at radius 2 is 1.83 bits per heavy atom. The van der Waals surface area contributed by atoms with Gasteiger partial charge in [-0.2, -0.15) is 0 Å². The van der Waals surface area contributed by atoms with E-state index in [0.717, 1.165) is 5.92 Å². The number of halogens is 2. The summed E-state index contributed by atoms with van der Waals surface area (Å²) in [6.45, 7) is 5.94. The normalized spacial score (nSPS) is 16.6. The highest BCUT2D eigenvalue weighted by Crippen LogP contribution is 2.34. The number of nitrogens with two attached hydrogens (primary N) is 1. The summed E-state index contributed by atoms with van der Waals surface area (Å²) >= 11 is 5.83. The summed E-state index contributed by atoms with van der Waals surface area (Å²) in [5.74, 6) is -0.431. The van der Waals surface area contributed by atoms with E-state index < -0.39 is 11.6 Å². The lowest BCUT2D eigenvalue weighted by atomic mass is 9.89. The Labute approximate surface area is 217 Å². The van der Waals surface area contributed by atoms with Gasteiger partial charge < -0.3 is 15.7 Å². The quantitative estimate of drug-likeness (QED) is 0.353. The number of anilines is 1. The number of rotatable bonds is 5. The fraction of sp³-hybridized carbons (Fsp3) is 0.448. The third-order valence-electron chi connectivity index (χ3n) is 7.32. The van der Waals surface area contributed by atoms with Crippen molar-refractivity contribution in [3.05, 3.63) is 52.9 Å². The molecule has 0 bridgehead atoms. The highest BCUT2D eigenvalue weighted by atomic mass is 35.5. The van der Waals surface area contributed by atoms with Crippen LogP contribution in [0.1, 0.15) is 68.6 Å². The van der Waals surface area contributed by atoms with Gasteiger partial charge in [0, 0.05) is 24.5 Å². The third-order valence-corrected chi connectivity index (χ3v) is 7.61. The number of nitrogen functional groups attached to an aromatic ring is 1. The lowest BCUT2D eigenvalue weighted by molar-refractivity contribution is 0.0989. The van der Waals surface area contributed by atoms with Gasteiger partial charge in [-0.1, -0.05) is 43.9 Å². The number of likely N-dealkylation sites (tertiary alicyclic amines) is 1. The molecular formula is C29H35ClFN3O2. The van der Waals surface area contributed by atoms with Gasteiger partial charge in [0.15, 0.2) is 17.3 Å². The number of ketones is 1. The molecule has 3 N–H and O–H groups in total. The number of phenolic OH excluding ortho intramolecular Hbond substituents is 1. The van der Waals surface area contributed by atoms with Crippen molar-refractivity contribution in [3.63, 3.8) is 0 Å². The van der Waals surface area contributed by atoms with Gasteiger partial charge in [0.2, 0.25) is 0 Å². The predicted molar refractivity (Wildman–Crippen MR) is 145 cm³/mol. The molecule has 1 aliphatic carbocycles. The molecule has 1 saturated heterocycles. The van der Waals surface area contributed by atoms with Gasteiger partial charge in [0.1, 0.15) is 0 Å². The fourth-order valence-corrected chi connectivity index (χ4v) is 5.45. The van der Waals surface area contributed by atoms with Gasteiger partial charge in [0.05, 0.1) is 21.8 Å². The molecule has 0 radical (unpaired) electrons. The predicted octanol–water partition coefficient (Wildman–Crippen LogP) is 7.24. The number of carbonyl (C=O) groups is 1. The van der Waals surface area contributed by atoms with Crippen LogP contribution in [-0.2, 0) is 0 Å². The number of phenols is 1. The van der Waals surface area contributed by atoms with E-state index in [1.807, 2.05) is 0 Å². The number of fused-ring (bicyclic) bond motifs is 1. The summed E-state index contributed by atoms with van der Waals surface area (Å²) in [7, 11) is 0. The molecular weight excluding hydrogens is 477 g/mol. The molecule has 0 amide bonds. The van der Waals surface area contributed by atoms with Crippen molar-refractivity contribution in [2.75, 3.05) is 25.4 Å². The molecule has 0 atom stereocenters. The van der Waals surface area contributed by atoms with Crippen LogP contribution < -0.4 is 5.73 Å². The number of nitrogens with zero attached hydrogens (tertiary/aromatic N) is 2. The first-order chi connectivity index (χ1) is 17.4. The minimum Gasteiger partial charge on any atom is -0.504 e. The van der Waals surface area contributed by atoms with E-state index in [-0.39, 0.29) is 10.8 Å². The average molecular weight is 512 g/mol. The molecule has 5 rings (SSSR count). The van der Waals surface area contributed by atoms with Crippen LogP contribution in [0.15, 0.2) is 36.5 Å². The number of Topliss-reactive ketones (excluding diaryl/α,β-unsaturated/α-hetero) is 1. The Kier molecular flexibility index (Phi) is 8.81. The molecule has 1 saturated carbocycles. The minimum atomic E-state index is -0.807. The van der Waals surface area contributed by atoms with Crippen molar-refractivity contribution in [2.45, 2.75) is 58.3 Å². The van der Waals surface area contributed by atoms with Gasteiger partial charge in [-0.15, -0.1) is 0 Å². The van der Waals surface area contributed by atoms with Crippen molar-refractivity contribution in [3.8, 4) is 16.9 Å². The molecule has 1 aromatic heterocycles.